The first-order chi connectivity index (χ1) is 8.11. The molecule has 1 amide bonds. The van der Waals surface area contributed by atoms with Crippen LogP contribution in [0.5, 0.6) is 0 Å². The van der Waals surface area contributed by atoms with Crippen LogP contribution in [0.1, 0.15) is 26.5 Å². The summed E-state index contributed by atoms with van der Waals surface area (Å²) >= 11 is 0. The molecule has 1 aromatic heterocycles. The highest BCUT2D eigenvalue weighted by Gasteiger charge is 2.22. The van der Waals surface area contributed by atoms with Crippen LogP contribution in [0.15, 0.2) is 4.79 Å². The molecule has 18 heavy (non-hydrogen) atoms. The number of hydrogen-bond donors (Lipinski definition) is 1. The van der Waals surface area contributed by atoms with Crippen molar-refractivity contribution in [3.05, 3.63) is 21.9 Å². The summed E-state index contributed by atoms with van der Waals surface area (Å²) in [6.07, 6.45) is -0.684. The number of hydrogen-bond acceptors (Lipinski definition) is 4. The number of aromatic nitrogens is 2. The van der Waals surface area contributed by atoms with Gasteiger partial charge in [0.15, 0.2) is 0 Å². The van der Waals surface area contributed by atoms with Crippen molar-refractivity contribution in [3.63, 3.8) is 0 Å². The zero-order chi connectivity index (χ0) is 14.1. The van der Waals surface area contributed by atoms with Gasteiger partial charge in [0.2, 0.25) is 11.8 Å². The minimum Gasteiger partial charge on any atom is -0.443 e. The van der Waals surface area contributed by atoms with E-state index in [9.17, 15) is 14.0 Å². The van der Waals surface area contributed by atoms with Gasteiger partial charge in [-0.15, -0.1) is 0 Å². The molecule has 7 heteroatoms. The molecule has 0 fully saturated rings. The standard InChI is InChI=1S/C11H16FN3O3/c1-6-7(12)8(16)14-9(13-6)15(5)10(17)18-11(2,3)4/h1-5H3,(H,13,14,16). The lowest BCUT2D eigenvalue weighted by Gasteiger charge is -2.23. The number of aryl methyl sites for hydroxylation is 1. The predicted octanol–water partition coefficient (Wildman–Crippen LogP) is 1.59. The Morgan fingerprint density at radius 1 is 1.44 bits per heavy atom. The van der Waals surface area contributed by atoms with Gasteiger partial charge in [0.1, 0.15) is 5.60 Å². The number of carbonyl (C=O) groups excluding carboxylic acids is 1. The van der Waals surface area contributed by atoms with Gasteiger partial charge in [-0.2, -0.15) is 4.39 Å². The van der Waals surface area contributed by atoms with Gasteiger partial charge in [0.25, 0.3) is 5.56 Å². The Kier molecular flexibility index (Phi) is 3.73. The van der Waals surface area contributed by atoms with Gasteiger partial charge in [0.05, 0.1) is 5.69 Å². The molecule has 0 unspecified atom stereocenters. The number of anilines is 1. The largest absolute Gasteiger partial charge is 0.443 e. The van der Waals surface area contributed by atoms with Crippen molar-refractivity contribution >= 4 is 12.0 Å². The fourth-order valence-electron chi connectivity index (χ4n) is 1.13. The second-order valence-corrected chi connectivity index (χ2v) is 4.83. The lowest BCUT2D eigenvalue weighted by atomic mass is 10.2. The maximum absolute atomic E-state index is 13.1. The summed E-state index contributed by atoms with van der Waals surface area (Å²) in [5.41, 5.74) is -1.67. The Hall–Kier alpha value is -1.92. The van der Waals surface area contributed by atoms with Crippen molar-refractivity contribution in [2.75, 3.05) is 11.9 Å². The van der Waals surface area contributed by atoms with Crippen LogP contribution < -0.4 is 10.5 Å². The minimum atomic E-state index is -0.962. The van der Waals surface area contributed by atoms with E-state index >= 15 is 0 Å². The molecule has 0 aliphatic rings. The molecule has 0 saturated heterocycles. The Labute approximate surface area is 104 Å². The topological polar surface area (TPSA) is 75.3 Å². The predicted molar refractivity (Wildman–Crippen MR) is 64.2 cm³/mol. The van der Waals surface area contributed by atoms with Crippen molar-refractivity contribution in [1.82, 2.24) is 9.97 Å². The monoisotopic (exact) mass is 257 g/mol. The summed E-state index contributed by atoms with van der Waals surface area (Å²) in [5, 5.41) is 0. The maximum atomic E-state index is 13.1. The molecule has 6 nitrogen and oxygen atoms in total. The Balaban J connectivity index is 3.01. The molecule has 0 aromatic carbocycles. The summed E-state index contributed by atoms with van der Waals surface area (Å²) in [5.74, 6) is -1.02. The number of nitrogens with one attached hydrogen (secondary N) is 1. The molecule has 1 N–H and O–H groups in total. The molecule has 0 bridgehead atoms. The number of halogens is 1. The highest BCUT2D eigenvalue weighted by atomic mass is 19.1. The molecule has 0 aliphatic carbocycles. The third-order valence-electron chi connectivity index (χ3n) is 2.00. The summed E-state index contributed by atoms with van der Waals surface area (Å²) in [4.78, 5) is 29.9. The SMILES string of the molecule is Cc1nc(N(C)C(=O)OC(C)(C)C)[nH]c(=O)c1F. The minimum absolute atomic E-state index is 0.0619. The summed E-state index contributed by atoms with van der Waals surface area (Å²) in [6.45, 7) is 6.48. The van der Waals surface area contributed by atoms with E-state index in [1.165, 1.54) is 14.0 Å². The summed E-state index contributed by atoms with van der Waals surface area (Å²) in [7, 11) is 1.38. The molecule has 100 valence electrons. The quantitative estimate of drug-likeness (QED) is 0.829. The lowest BCUT2D eigenvalue weighted by molar-refractivity contribution is 0.0587. The number of carbonyl (C=O) groups is 1. The number of nitrogens with zero attached hydrogens (tertiary/aromatic N) is 2. The smallest absolute Gasteiger partial charge is 0.416 e. The average Bonchev–Trinajstić information content (AvgIpc) is 2.21. The first-order valence-electron chi connectivity index (χ1n) is 5.35. The molecular formula is C11H16FN3O3. The van der Waals surface area contributed by atoms with Gasteiger partial charge >= 0.3 is 6.09 Å². The molecule has 0 atom stereocenters. The number of aromatic amines is 1. The zero-order valence-electron chi connectivity index (χ0n) is 11.0. The van der Waals surface area contributed by atoms with Crippen LogP contribution in [0.2, 0.25) is 0 Å². The van der Waals surface area contributed by atoms with E-state index in [-0.39, 0.29) is 11.6 Å². The fourth-order valence-corrected chi connectivity index (χ4v) is 1.13. The van der Waals surface area contributed by atoms with Gasteiger partial charge in [0, 0.05) is 7.05 Å². The normalized spacial score (nSPS) is 11.2. The van der Waals surface area contributed by atoms with Crippen molar-refractivity contribution in [3.8, 4) is 0 Å². The molecule has 0 aliphatic heterocycles. The molecule has 1 heterocycles. The van der Waals surface area contributed by atoms with Crippen molar-refractivity contribution in [2.24, 2.45) is 0 Å². The Morgan fingerprint density at radius 2 is 2.00 bits per heavy atom. The first-order valence-corrected chi connectivity index (χ1v) is 5.35. The molecule has 0 radical (unpaired) electrons. The zero-order valence-corrected chi connectivity index (χ0v) is 11.0. The average molecular weight is 257 g/mol. The van der Waals surface area contributed by atoms with Crippen LogP contribution in [-0.4, -0.2) is 28.7 Å². The van der Waals surface area contributed by atoms with Gasteiger partial charge < -0.3 is 4.74 Å². The summed E-state index contributed by atoms with van der Waals surface area (Å²) < 4.78 is 18.2. The second kappa shape index (κ2) is 4.75. The van der Waals surface area contributed by atoms with Crippen LogP contribution in [-0.2, 0) is 4.74 Å². The van der Waals surface area contributed by atoms with Crippen molar-refractivity contribution in [1.29, 1.82) is 0 Å². The van der Waals surface area contributed by atoms with Crippen LogP contribution in [0, 0.1) is 12.7 Å². The van der Waals surface area contributed by atoms with E-state index in [2.05, 4.69) is 9.97 Å². The third kappa shape index (κ3) is 3.28. The molecule has 1 aromatic rings. The van der Waals surface area contributed by atoms with Gasteiger partial charge in [-0.05, 0) is 27.7 Å². The van der Waals surface area contributed by atoms with Gasteiger partial charge in [-0.1, -0.05) is 0 Å². The third-order valence-corrected chi connectivity index (χ3v) is 2.00. The highest BCUT2D eigenvalue weighted by Crippen LogP contribution is 2.12. The van der Waals surface area contributed by atoms with E-state index in [4.69, 9.17) is 4.74 Å². The number of amides is 1. The Bertz CT molecular complexity index is 519. The number of H-pyrrole nitrogens is 1. The first kappa shape index (κ1) is 14.1. The molecule has 0 saturated carbocycles. The molecule has 1 rings (SSSR count). The van der Waals surface area contributed by atoms with Crippen LogP contribution >= 0.6 is 0 Å². The van der Waals surface area contributed by atoms with Crippen molar-refractivity contribution < 1.29 is 13.9 Å². The molecular weight excluding hydrogens is 241 g/mol. The van der Waals surface area contributed by atoms with E-state index < -0.39 is 23.1 Å². The fraction of sp³-hybridized carbons (Fsp3) is 0.545. The van der Waals surface area contributed by atoms with Gasteiger partial charge in [-0.3, -0.25) is 14.7 Å². The van der Waals surface area contributed by atoms with E-state index in [1.54, 1.807) is 20.8 Å². The summed E-state index contributed by atoms with van der Waals surface area (Å²) in [6, 6.07) is 0. The van der Waals surface area contributed by atoms with E-state index in [0.717, 1.165) is 4.90 Å². The van der Waals surface area contributed by atoms with Crippen molar-refractivity contribution in [2.45, 2.75) is 33.3 Å². The van der Waals surface area contributed by atoms with Crippen LogP contribution in [0.3, 0.4) is 0 Å². The number of rotatable bonds is 1. The Morgan fingerprint density at radius 3 is 2.44 bits per heavy atom. The maximum Gasteiger partial charge on any atom is 0.416 e. The number of ether oxygens (including phenoxy) is 1. The van der Waals surface area contributed by atoms with Crippen LogP contribution in [0.4, 0.5) is 15.1 Å². The highest BCUT2D eigenvalue weighted by molar-refractivity contribution is 5.84. The second-order valence-electron chi connectivity index (χ2n) is 4.83. The van der Waals surface area contributed by atoms with Gasteiger partial charge in [-0.25, -0.2) is 9.78 Å². The van der Waals surface area contributed by atoms with E-state index in [0.29, 0.717) is 0 Å². The molecule has 0 spiro atoms. The lowest BCUT2D eigenvalue weighted by Crippen LogP contribution is -2.36. The van der Waals surface area contributed by atoms with E-state index in [1.807, 2.05) is 0 Å². The van der Waals surface area contributed by atoms with Crippen LogP contribution in [0.25, 0.3) is 0 Å².